The van der Waals surface area contributed by atoms with Crippen molar-refractivity contribution in [3.63, 3.8) is 0 Å². The summed E-state index contributed by atoms with van der Waals surface area (Å²) < 4.78 is 14.9. The van der Waals surface area contributed by atoms with Gasteiger partial charge < -0.3 is 15.2 Å². The smallest absolute Gasteiger partial charge is 0.234 e. The van der Waals surface area contributed by atoms with E-state index in [-0.39, 0.29) is 17.8 Å². The van der Waals surface area contributed by atoms with Crippen molar-refractivity contribution in [3.05, 3.63) is 53.9 Å². The lowest BCUT2D eigenvalue weighted by Gasteiger charge is -2.35. The van der Waals surface area contributed by atoms with Crippen molar-refractivity contribution in [1.82, 2.24) is 25.1 Å². The van der Waals surface area contributed by atoms with Gasteiger partial charge >= 0.3 is 0 Å². The van der Waals surface area contributed by atoms with E-state index in [4.69, 9.17) is 0 Å². The molecule has 2 N–H and O–H groups in total. The third-order valence-electron chi connectivity index (χ3n) is 4.51. The van der Waals surface area contributed by atoms with Gasteiger partial charge in [-0.25, -0.2) is 9.37 Å². The average Bonchev–Trinajstić information content (AvgIpc) is 3.03. The molecular weight excluding hydrogens is 321 g/mol. The number of hydrogen-bond donors (Lipinski definition) is 2. The molecule has 1 saturated heterocycles. The van der Waals surface area contributed by atoms with Crippen molar-refractivity contribution in [2.24, 2.45) is 7.05 Å². The fourth-order valence-electron chi connectivity index (χ4n) is 3.13. The number of carbonyl (C=O) groups excluding carboxylic acids is 1. The Kier molecular flexibility index (Phi) is 5.78. The molecule has 1 aliphatic rings. The van der Waals surface area contributed by atoms with E-state index in [2.05, 4.69) is 20.5 Å². The number of nitrogens with one attached hydrogen (secondary N) is 2. The molecule has 1 atom stereocenters. The van der Waals surface area contributed by atoms with Crippen LogP contribution in [0.5, 0.6) is 0 Å². The monoisotopic (exact) mass is 345 g/mol. The first-order valence-corrected chi connectivity index (χ1v) is 8.56. The number of amides is 1. The number of aryl methyl sites for hydroxylation is 1. The van der Waals surface area contributed by atoms with Gasteiger partial charge in [-0.05, 0) is 24.1 Å². The second-order valence-corrected chi connectivity index (χ2v) is 6.31. The molecule has 2 heterocycles. The number of benzene rings is 1. The highest BCUT2D eigenvalue weighted by Gasteiger charge is 2.27. The Morgan fingerprint density at radius 3 is 2.92 bits per heavy atom. The average molecular weight is 345 g/mol. The van der Waals surface area contributed by atoms with E-state index in [1.165, 1.54) is 12.1 Å². The lowest BCUT2D eigenvalue weighted by Crippen LogP contribution is -2.50. The van der Waals surface area contributed by atoms with Crippen LogP contribution in [0.1, 0.15) is 17.4 Å². The predicted octanol–water partition coefficient (Wildman–Crippen LogP) is 0.864. The summed E-state index contributed by atoms with van der Waals surface area (Å²) in [4.78, 5) is 18.9. The Morgan fingerprint density at radius 1 is 1.40 bits per heavy atom. The molecule has 0 spiro atoms. The highest BCUT2D eigenvalue weighted by molar-refractivity contribution is 5.78. The molecule has 0 bridgehead atoms. The SMILES string of the molecule is Cn1ccnc1C1CNCCN1CC(=O)NCCc1ccc(F)cc1. The molecule has 1 aliphatic heterocycles. The summed E-state index contributed by atoms with van der Waals surface area (Å²) >= 11 is 0. The third kappa shape index (κ3) is 4.64. The van der Waals surface area contributed by atoms with Crippen molar-refractivity contribution in [2.45, 2.75) is 12.5 Å². The van der Waals surface area contributed by atoms with E-state index in [9.17, 15) is 9.18 Å². The molecule has 0 saturated carbocycles. The Labute approximate surface area is 147 Å². The highest BCUT2D eigenvalue weighted by atomic mass is 19.1. The molecule has 0 radical (unpaired) electrons. The fraction of sp³-hybridized carbons (Fsp3) is 0.444. The number of piperazine rings is 1. The second kappa shape index (κ2) is 8.22. The molecule has 7 heteroatoms. The summed E-state index contributed by atoms with van der Waals surface area (Å²) in [7, 11) is 1.97. The van der Waals surface area contributed by atoms with Gasteiger partial charge in [0.2, 0.25) is 5.91 Å². The molecular formula is C18H24FN5O. The van der Waals surface area contributed by atoms with E-state index in [1.807, 2.05) is 17.8 Å². The minimum atomic E-state index is -0.244. The van der Waals surface area contributed by atoms with Crippen LogP contribution < -0.4 is 10.6 Å². The minimum absolute atomic E-state index is 0.00298. The Bertz CT molecular complexity index is 700. The van der Waals surface area contributed by atoms with Gasteiger partial charge in [-0.1, -0.05) is 12.1 Å². The van der Waals surface area contributed by atoms with Crippen molar-refractivity contribution >= 4 is 5.91 Å². The second-order valence-electron chi connectivity index (χ2n) is 6.31. The molecule has 0 aliphatic carbocycles. The number of aromatic nitrogens is 2. The van der Waals surface area contributed by atoms with Crippen molar-refractivity contribution < 1.29 is 9.18 Å². The number of hydrogen-bond acceptors (Lipinski definition) is 4. The molecule has 2 aromatic rings. The first kappa shape index (κ1) is 17.6. The number of nitrogens with zero attached hydrogens (tertiary/aromatic N) is 3. The minimum Gasteiger partial charge on any atom is -0.355 e. The van der Waals surface area contributed by atoms with Crippen LogP contribution in [0.25, 0.3) is 0 Å². The molecule has 6 nitrogen and oxygen atoms in total. The maximum absolute atomic E-state index is 12.9. The van der Waals surface area contributed by atoms with Gasteiger partial charge in [0.1, 0.15) is 11.6 Å². The molecule has 1 aromatic carbocycles. The Morgan fingerprint density at radius 2 is 2.20 bits per heavy atom. The first-order valence-electron chi connectivity index (χ1n) is 8.56. The first-order chi connectivity index (χ1) is 12.1. The van der Waals surface area contributed by atoms with Gasteiger partial charge in [-0.3, -0.25) is 9.69 Å². The van der Waals surface area contributed by atoms with Crippen LogP contribution in [0.4, 0.5) is 4.39 Å². The zero-order valence-corrected chi connectivity index (χ0v) is 14.4. The molecule has 25 heavy (non-hydrogen) atoms. The molecule has 1 aromatic heterocycles. The zero-order valence-electron chi connectivity index (χ0n) is 14.4. The summed E-state index contributed by atoms with van der Waals surface area (Å²) in [5.41, 5.74) is 1.01. The summed E-state index contributed by atoms with van der Waals surface area (Å²) in [5.74, 6) is 0.723. The fourth-order valence-corrected chi connectivity index (χ4v) is 3.13. The molecule has 1 unspecified atom stereocenters. The van der Waals surface area contributed by atoms with E-state index in [1.54, 1.807) is 18.3 Å². The quantitative estimate of drug-likeness (QED) is 0.815. The van der Waals surface area contributed by atoms with E-state index < -0.39 is 0 Å². The number of halogens is 1. The van der Waals surface area contributed by atoms with Crippen LogP contribution >= 0.6 is 0 Å². The zero-order chi connectivity index (χ0) is 17.6. The Balaban J connectivity index is 1.50. The van der Waals surface area contributed by atoms with Gasteiger partial charge in [0.25, 0.3) is 0 Å². The maximum Gasteiger partial charge on any atom is 0.234 e. The van der Waals surface area contributed by atoms with E-state index >= 15 is 0 Å². The summed E-state index contributed by atoms with van der Waals surface area (Å²) in [5, 5.41) is 6.32. The number of imidazole rings is 1. The largest absolute Gasteiger partial charge is 0.355 e. The van der Waals surface area contributed by atoms with E-state index in [0.29, 0.717) is 19.5 Å². The third-order valence-corrected chi connectivity index (χ3v) is 4.51. The lowest BCUT2D eigenvalue weighted by atomic mass is 10.1. The van der Waals surface area contributed by atoms with E-state index in [0.717, 1.165) is 31.0 Å². The normalized spacial score (nSPS) is 18.2. The summed E-state index contributed by atoms with van der Waals surface area (Å²) in [6.07, 6.45) is 4.39. The van der Waals surface area contributed by atoms with Crippen molar-refractivity contribution in [2.75, 3.05) is 32.7 Å². The van der Waals surface area contributed by atoms with Crippen molar-refractivity contribution in [3.8, 4) is 0 Å². The standard InChI is InChI=1S/C18H24FN5O/c1-23-10-9-22-18(23)16-12-20-8-11-24(16)13-17(25)21-7-6-14-2-4-15(19)5-3-14/h2-5,9-10,16,20H,6-8,11-13H2,1H3,(H,21,25). The Hall–Kier alpha value is -2.25. The maximum atomic E-state index is 12.9. The van der Waals surface area contributed by atoms with Crippen LogP contribution in [0.3, 0.4) is 0 Å². The lowest BCUT2D eigenvalue weighted by molar-refractivity contribution is -0.123. The summed E-state index contributed by atoms with van der Waals surface area (Å²) in [6.45, 7) is 3.35. The number of rotatable bonds is 6. The highest BCUT2D eigenvalue weighted by Crippen LogP contribution is 2.19. The van der Waals surface area contributed by atoms with Crippen LogP contribution in [-0.2, 0) is 18.3 Å². The van der Waals surface area contributed by atoms with Gasteiger partial charge in [0.15, 0.2) is 0 Å². The van der Waals surface area contributed by atoms with Crippen LogP contribution in [0.2, 0.25) is 0 Å². The molecule has 1 amide bonds. The summed E-state index contributed by atoms with van der Waals surface area (Å²) in [6, 6.07) is 6.46. The van der Waals surface area contributed by atoms with Gasteiger partial charge in [-0.2, -0.15) is 0 Å². The molecule has 1 fully saturated rings. The van der Waals surface area contributed by atoms with Crippen molar-refractivity contribution in [1.29, 1.82) is 0 Å². The van der Waals surface area contributed by atoms with Gasteiger partial charge in [-0.15, -0.1) is 0 Å². The van der Waals surface area contributed by atoms with Gasteiger partial charge in [0, 0.05) is 45.6 Å². The van der Waals surface area contributed by atoms with Crippen LogP contribution in [0, 0.1) is 5.82 Å². The molecule has 134 valence electrons. The topological polar surface area (TPSA) is 62.2 Å². The molecule has 3 rings (SSSR count). The predicted molar refractivity (Wildman–Crippen MR) is 93.5 cm³/mol. The van der Waals surface area contributed by atoms with Crippen LogP contribution in [-0.4, -0.2) is 53.1 Å². The number of carbonyl (C=O) groups is 1. The van der Waals surface area contributed by atoms with Gasteiger partial charge in [0.05, 0.1) is 12.6 Å². The van der Waals surface area contributed by atoms with Crippen LogP contribution in [0.15, 0.2) is 36.7 Å².